The summed E-state index contributed by atoms with van der Waals surface area (Å²) in [6.07, 6.45) is 0.676. The van der Waals surface area contributed by atoms with Gasteiger partial charge in [-0.2, -0.15) is 0 Å². The molecule has 1 aromatic rings. The number of likely N-dealkylation sites (tertiary alicyclic amines) is 1. The van der Waals surface area contributed by atoms with E-state index >= 15 is 0 Å². The number of halogens is 1. The van der Waals surface area contributed by atoms with Gasteiger partial charge in [0, 0.05) is 6.54 Å². The van der Waals surface area contributed by atoms with Gasteiger partial charge in [0.1, 0.15) is 5.82 Å². The molecule has 1 aliphatic heterocycles. The van der Waals surface area contributed by atoms with Gasteiger partial charge in [-0.15, -0.1) is 0 Å². The van der Waals surface area contributed by atoms with Crippen LogP contribution in [-0.2, 0) is 4.79 Å². The standard InChI is InChI=1S/C12H15FN2O/c1-15-7-9(6-11(15)12(14)16)8-3-2-4-10(13)5-8/h2-5,9,11H,6-7H2,1H3,(H2,14,16)/t9-,11?/m0/s1. The topological polar surface area (TPSA) is 46.3 Å². The molecule has 1 unspecified atom stereocenters. The maximum absolute atomic E-state index is 13.1. The van der Waals surface area contributed by atoms with Crippen molar-refractivity contribution in [3.8, 4) is 0 Å². The fraction of sp³-hybridized carbons (Fsp3) is 0.417. The minimum atomic E-state index is -0.304. The lowest BCUT2D eigenvalue weighted by Crippen LogP contribution is -2.37. The second kappa shape index (κ2) is 4.22. The van der Waals surface area contributed by atoms with E-state index in [0.29, 0.717) is 6.42 Å². The van der Waals surface area contributed by atoms with E-state index in [1.54, 1.807) is 6.07 Å². The molecule has 3 nitrogen and oxygen atoms in total. The highest BCUT2D eigenvalue weighted by Crippen LogP contribution is 2.30. The first-order valence-electron chi connectivity index (χ1n) is 5.33. The van der Waals surface area contributed by atoms with Crippen LogP contribution in [0.4, 0.5) is 4.39 Å². The van der Waals surface area contributed by atoms with Crippen LogP contribution < -0.4 is 5.73 Å². The first-order chi connectivity index (χ1) is 7.58. The summed E-state index contributed by atoms with van der Waals surface area (Å²) in [5, 5.41) is 0. The van der Waals surface area contributed by atoms with Crippen molar-refractivity contribution in [3.63, 3.8) is 0 Å². The van der Waals surface area contributed by atoms with E-state index in [0.717, 1.165) is 12.1 Å². The molecule has 1 fully saturated rings. The van der Waals surface area contributed by atoms with Crippen LogP contribution in [0.15, 0.2) is 24.3 Å². The Morgan fingerprint density at radius 2 is 2.31 bits per heavy atom. The molecule has 0 radical (unpaired) electrons. The number of likely N-dealkylation sites (N-methyl/N-ethyl adjacent to an activating group) is 1. The Kier molecular flexibility index (Phi) is 2.92. The summed E-state index contributed by atoms with van der Waals surface area (Å²) in [5.41, 5.74) is 6.24. The molecular formula is C12H15FN2O. The third kappa shape index (κ3) is 2.07. The van der Waals surface area contributed by atoms with E-state index in [4.69, 9.17) is 5.73 Å². The molecule has 2 atom stereocenters. The highest BCUT2D eigenvalue weighted by Gasteiger charge is 2.33. The van der Waals surface area contributed by atoms with Gasteiger partial charge in [0.05, 0.1) is 6.04 Å². The van der Waals surface area contributed by atoms with Crippen LogP contribution in [0.5, 0.6) is 0 Å². The Hall–Kier alpha value is -1.42. The van der Waals surface area contributed by atoms with Crippen molar-refractivity contribution in [2.24, 2.45) is 5.73 Å². The van der Waals surface area contributed by atoms with Gasteiger partial charge in [-0.25, -0.2) is 4.39 Å². The summed E-state index contributed by atoms with van der Waals surface area (Å²) < 4.78 is 13.1. The zero-order valence-electron chi connectivity index (χ0n) is 9.19. The van der Waals surface area contributed by atoms with E-state index in [-0.39, 0.29) is 23.7 Å². The molecule has 0 saturated carbocycles. The SMILES string of the molecule is CN1C[C@@H](c2cccc(F)c2)CC1C(N)=O. The highest BCUT2D eigenvalue weighted by molar-refractivity contribution is 5.80. The van der Waals surface area contributed by atoms with E-state index < -0.39 is 0 Å². The Morgan fingerprint density at radius 1 is 1.56 bits per heavy atom. The summed E-state index contributed by atoms with van der Waals surface area (Å²) in [6, 6.07) is 6.32. The number of amides is 1. The molecule has 0 bridgehead atoms. The maximum Gasteiger partial charge on any atom is 0.234 e. The number of carbonyl (C=O) groups is 1. The van der Waals surface area contributed by atoms with Crippen molar-refractivity contribution >= 4 is 5.91 Å². The fourth-order valence-electron chi connectivity index (χ4n) is 2.33. The molecule has 1 saturated heterocycles. The Morgan fingerprint density at radius 3 is 2.88 bits per heavy atom. The average molecular weight is 222 g/mol. The first kappa shape index (κ1) is 11.1. The summed E-state index contributed by atoms with van der Waals surface area (Å²) in [4.78, 5) is 13.1. The van der Waals surface area contributed by atoms with Gasteiger partial charge >= 0.3 is 0 Å². The lowest BCUT2D eigenvalue weighted by Gasteiger charge is -2.14. The Balaban J connectivity index is 2.16. The number of hydrogen-bond donors (Lipinski definition) is 1. The summed E-state index contributed by atoms with van der Waals surface area (Å²) in [7, 11) is 1.87. The van der Waals surface area contributed by atoms with Crippen molar-refractivity contribution in [1.29, 1.82) is 0 Å². The molecule has 1 heterocycles. The second-order valence-corrected chi connectivity index (χ2v) is 4.35. The van der Waals surface area contributed by atoms with Crippen molar-refractivity contribution in [2.75, 3.05) is 13.6 Å². The van der Waals surface area contributed by atoms with Gasteiger partial charge < -0.3 is 5.73 Å². The minimum Gasteiger partial charge on any atom is -0.368 e. The van der Waals surface area contributed by atoms with Crippen LogP contribution >= 0.6 is 0 Å². The predicted octanol–water partition coefficient (Wildman–Crippen LogP) is 1.10. The van der Waals surface area contributed by atoms with Crippen molar-refractivity contribution < 1.29 is 9.18 Å². The lowest BCUT2D eigenvalue weighted by atomic mass is 9.96. The fourth-order valence-corrected chi connectivity index (χ4v) is 2.33. The molecule has 0 aliphatic carbocycles. The minimum absolute atomic E-state index is 0.193. The van der Waals surface area contributed by atoms with Gasteiger partial charge in [-0.1, -0.05) is 12.1 Å². The van der Waals surface area contributed by atoms with Gasteiger partial charge in [-0.05, 0) is 37.1 Å². The Bertz CT molecular complexity index is 408. The number of rotatable bonds is 2. The molecule has 86 valence electrons. The summed E-state index contributed by atoms with van der Waals surface area (Å²) in [5.74, 6) is -0.345. The van der Waals surface area contributed by atoms with Crippen molar-refractivity contribution in [1.82, 2.24) is 4.90 Å². The normalized spacial score (nSPS) is 25.9. The summed E-state index contributed by atoms with van der Waals surface area (Å²) in [6.45, 7) is 0.747. The average Bonchev–Trinajstić information content (AvgIpc) is 2.60. The van der Waals surface area contributed by atoms with E-state index in [9.17, 15) is 9.18 Å². The first-order valence-corrected chi connectivity index (χ1v) is 5.33. The van der Waals surface area contributed by atoms with E-state index in [1.807, 2.05) is 18.0 Å². The largest absolute Gasteiger partial charge is 0.368 e. The third-order valence-electron chi connectivity index (χ3n) is 3.20. The smallest absolute Gasteiger partial charge is 0.234 e. The molecule has 2 rings (SSSR count). The van der Waals surface area contributed by atoms with Gasteiger partial charge in [0.25, 0.3) is 0 Å². The molecule has 1 amide bonds. The van der Waals surface area contributed by atoms with Crippen molar-refractivity contribution in [3.05, 3.63) is 35.6 Å². The van der Waals surface area contributed by atoms with Crippen LogP contribution in [-0.4, -0.2) is 30.4 Å². The lowest BCUT2D eigenvalue weighted by molar-refractivity contribution is -0.121. The molecule has 0 aromatic heterocycles. The van der Waals surface area contributed by atoms with Crippen LogP contribution in [0.3, 0.4) is 0 Å². The molecule has 4 heteroatoms. The summed E-state index contributed by atoms with van der Waals surface area (Å²) >= 11 is 0. The van der Waals surface area contributed by atoms with E-state index in [1.165, 1.54) is 12.1 Å². The second-order valence-electron chi connectivity index (χ2n) is 4.35. The molecule has 1 aromatic carbocycles. The van der Waals surface area contributed by atoms with E-state index in [2.05, 4.69) is 0 Å². The van der Waals surface area contributed by atoms with Crippen LogP contribution in [0.1, 0.15) is 17.9 Å². The number of nitrogens with zero attached hydrogens (tertiary/aromatic N) is 1. The highest BCUT2D eigenvalue weighted by atomic mass is 19.1. The molecule has 1 aliphatic rings. The number of carbonyl (C=O) groups excluding carboxylic acids is 1. The molecule has 0 spiro atoms. The molecular weight excluding hydrogens is 207 g/mol. The van der Waals surface area contributed by atoms with Crippen molar-refractivity contribution in [2.45, 2.75) is 18.4 Å². The van der Waals surface area contributed by atoms with Crippen LogP contribution in [0, 0.1) is 5.82 Å². The van der Waals surface area contributed by atoms with Gasteiger partial charge in [0.15, 0.2) is 0 Å². The number of nitrogens with two attached hydrogens (primary N) is 1. The monoisotopic (exact) mass is 222 g/mol. The maximum atomic E-state index is 13.1. The molecule has 2 N–H and O–H groups in total. The van der Waals surface area contributed by atoms with Crippen LogP contribution in [0.25, 0.3) is 0 Å². The van der Waals surface area contributed by atoms with Crippen LogP contribution in [0.2, 0.25) is 0 Å². The quantitative estimate of drug-likeness (QED) is 0.814. The zero-order chi connectivity index (χ0) is 11.7. The number of hydrogen-bond acceptors (Lipinski definition) is 2. The predicted molar refractivity (Wildman–Crippen MR) is 59.4 cm³/mol. The number of benzene rings is 1. The third-order valence-corrected chi connectivity index (χ3v) is 3.20. The molecule has 16 heavy (non-hydrogen) atoms. The van der Waals surface area contributed by atoms with Gasteiger partial charge in [-0.3, -0.25) is 9.69 Å². The number of primary amides is 1. The zero-order valence-corrected chi connectivity index (χ0v) is 9.19. The van der Waals surface area contributed by atoms with Gasteiger partial charge in [0.2, 0.25) is 5.91 Å². The Labute approximate surface area is 94.0 Å².